The van der Waals surface area contributed by atoms with E-state index in [2.05, 4.69) is 43.5 Å². The van der Waals surface area contributed by atoms with Crippen LogP contribution in [0.2, 0.25) is 0 Å². The first-order chi connectivity index (χ1) is 23.7. The lowest BCUT2D eigenvalue weighted by molar-refractivity contribution is -0.130. The second kappa shape index (κ2) is 34.9. The van der Waals surface area contributed by atoms with Crippen molar-refractivity contribution >= 4 is 16.0 Å². The minimum atomic E-state index is -4.45. The number of aliphatic hydroxyl groups excluding tert-OH is 2. The van der Waals surface area contributed by atoms with Gasteiger partial charge in [-0.25, -0.2) is 0 Å². The van der Waals surface area contributed by atoms with Gasteiger partial charge in [0.25, 0.3) is 10.1 Å². The second-order valence-electron chi connectivity index (χ2n) is 14.0. The number of aliphatic hydroxyl groups is 2. The highest BCUT2D eigenvalue weighted by Crippen LogP contribution is 2.14. The molecule has 4 N–H and O–H groups in total. The molecule has 0 bridgehead atoms. The lowest BCUT2D eigenvalue weighted by Gasteiger charge is -2.22. The van der Waals surface area contributed by atoms with Crippen molar-refractivity contribution in [3.63, 3.8) is 0 Å². The van der Waals surface area contributed by atoms with Gasteiger partial charge in [0, 0.05) is 0 Å². The minimum Gasteiger partial charge on any atom is -0.387 e. The second-order valence-corrected chi connectivity index (χ2v) is 15.5. The smallest absolute Gasteiger partial charge is 0.267 e. The lowest BCUT2D eigenvalue weighted by Crippen LogP contribution is -2.50. The summed E-state index contributed by atoms with van der Waals surface area (Å²) in [5, 5.41) is 23.3. The van der Waals surface area contributed by atoms with E-state index in [1.54, 1.807) is 6.08 Å². The first kappa shape index (κ1) is 47.5. The van der Waals surface area contributed by atoms with E-state index in [-0.39, 0.29) is 6.42 Å². The van der Waals surface area contributed by atoms with E-state index in [4.69, 9.17) is 0 Å². The third kappa shape index (κ3) is 34.7. The number of allylic oxidation sites excluding steroid dienone is 5. The Kier molecular flexibility index (Phi) is 33.9. The van der Waals surface area contributed by atoms with Crippen LogP contribution in [0.15, 0.2) is 36.5 Å². The van der Waals surface area contributed by atoms with Gasteiger partial charge in [0.15, 0.2) is 0 Å². The first-order valence-corrected chi connectivity index (χ1v) is 21.9. The summed E-state index contributed by atoms with van der Waals surface area (Å²) in [6, 6.07) is -1.25. The first-order valence-electron chi connectivity index (χ1n) is 20.3. The number of unbranched alkanes of at least 4 members (excludes halogenated alkanes) is 23. The molecule has 8 heteroatoms. The van der Waals surface area contributed by atoms with Crippen molar-refractivity contribution in [3.05, 3.63) is 36.5 Å². The third-order valence-corrected chi connectivity index (χ3v) is 9.93. The van der Waals surface area contributed by atoms with E-state index in [9.17, 15) is 28.0 Å². The van der Waals surface area contributed by atoms with Crippen molar-refractivity contribution in [3.8, 4) is 0 Å². The molecule has 0 aliphatic heterocycles. The van der Waals surface area contributed by atoms with Crippen molar-refractivity contribution in [2.75, 3.05) is 5.75 Å². The van der Waals surface area contributed by atoms with E-state index in [0.717, 1.165) is 44.9 Å². The molecule has 0 heterocycles. The van der Waals surface area contributed by atoms with Crippen LogP contribution < -0.4 is 5.32 Å². The maximum atomic E-state index is 12.6. The van der Waals surface area contributed by atoms with Crippen molar-refractivity contribution in [2.24, 2.45) is 0 Å². The van der Waals surface area contributed by atoms with Gasteiger partial charge in [0.1, 0.15) is 6.10 Å². The highest BCUT2D eigenvalue weighted by molar-refractivity contribution is 7.85. The van der Waals surface area contributed by atoms with E-state index < -0.39 is 40.0 Å². The molecule has 288 valence electrons. The van der Waals surface area contributed by atoms with Crippen LogP contribution in [0.5, 0.6) is 0 Å². The van der Waals surface area contributed by atoms with Crippen LogP contribution >= 0.6 is 0 Å². The average Bonchev–Trinajstić information content (AvgIpc) is 3.06. The normalized spacial score (nSPS) is 14.3. The van der Waals surface area contributed by atoms with Crippen LogP contribution in [0, 0.1) is 0 Å². The number of amides is 1. The minimum absolute atomic E-state index is 0.260. The SMILES string of the molecule is CCCCCCCCC/C=C\CCCCCCC(O)C(=O)NC(CS(=O)(=O)O)C(O)/C=C/CC/C=C/CCCCCCCCCCCCC. The number of nitrogens with one attached hydrogen (secondary N) is 1. The fraction of sp³-hybridized carbons (Fsp3) is 0.829. The Morgan fingerprint density at radius 2 is 0.918 bits per heavy atom. The topological polar surface area (TPSA) is 124 Å². The number of carbonyl (C=O) groups is 1. The summed E-state index contributed by atoms with van der Waals surface area (Å²) >= 11 is 0. The van der Waals surface area contributed by atoms with Gasteiger partial charge >= 0.3 is 0 Å². The summed E-state index contributed by atoms with van der Waals surface area (Å²) in [7, 11) is -4.45. The van der Waals surface area contributed by atoms with Crippen molar-refractivity contribution in [1.82, 2.24) is 5.32 Å². The highest BCUT2D eigenvalue weighted by atomic mass is 32.2. The molecule has 0 aromatic heterocycles. The summed E-state index contributed by atoms with van der Waals surface area (Å²) in [5.41, 5.74) is 0. The maximum absolute atomic E-state index is 12.6. The van der Waals surface area contributed by atoms with Gasteiger partial charge in [-0.15, -0.1) is 0 Å². The Hall–Kier alpha value is -1.48. The molecule has 0 saturated carbocycles. The van der Waals surface area contributed by atoms with Gasteiger partial charge in [0.2, 0.25) is 5.91 Å². The Labute approximate surface area is 302 Å². The zero-order valence-corrected chi connectivity index (χ0v) is 32.5. The molecular formula is C41H77NO6S. The predicted octanol–water partition coefficient (Wildman–Crippen LogP) is 10.7. The Balaban J connectivity index is 4.13. The average molecular weight is 712 g/mol. The fourth-order valence-electron chi connectivity index (χ4n) is 6.00. The summed E-state index contributed by atoms with van der Waals surface area (Å²) in [6.07, 6.45) is 42.0. The van der Waals surface area contributed by atoms with Gasteiger partial charge in [0.05, 0.1) is 17.9 Å². The van der Waals surface area contributed by atoms with Gasteiger partial charge in [-0.2, -0.15) is 8.42 Å². The largest absolute Gasteiger partial charge is 0.387 e. The molecule has 3 unspecified atom stereocenters. The summed E-state index contributed by atoms with van der Waals surface area (Å²) in [6.45, 7) is 4.50. The van der Waals surface area contributed by atoms with Gasteiger partial charge in [-0.05, 0) is 57.8 Å². The number of hydrogen-bond donors (Lipinski definition) is 4. The lowest BCUT2D eigenvalue weighted by atomic mass is 10.1. The molecule has 0 aliphatic rings. The summed E-state index contributed by atoms with van der Waals surface area (Å²) < 4.78 is 32.5. The van der Waals surface area contributed by atoms with Crippen LogP contribution in [0.1, 0.15) is 194 Å². The fourth-order valence-corrected chi connectivity index (χ4v) is 6.73. The molecule has 0 fully saturated rings. The molecule has 3 atom stereocenters. The van der Waals surface area contributed by atoms with Gasteiger partial charge in [-0.1, -0.05) is 172 Å². The molecule has 0 aromatic rings. The standard InChI is InChI=1S/C41H77NO6S/c1-3-5-7-9-11-13-15-17-19-20-22-23-25-27-29-31-33-35-39(43)38(37-49(46,47)48)42-41(45)40(44)36-34-32-30-28-26-24-21-18-16-14-12-10-8-6-4-2/h21,24-25,27,33,35,38-40,43-44H,3-20,22-23,26,28-32,34,36-37H2,1-2H3,(H,42,45)(H,46,47,48)/b24-21-,27-25+,35-33+. The molecule has 7 nitrogen and oxygen atoms in total. The zero-order chi connectivity index (χ0) is 36.3. The van der Waals surface area contributed by atoms with Crippen molar-refractivity contribution in [1.29, 1.82) is 0 Å². The third-order valence-electron chi connectivity index (χ3n) is 9.15. The van der Waals surface area contributed by atoms with E-state index >= 15 is 0 Å². The van der Waals surface area contributed by atoms with E-state index in [1.807, 2.05) is 0 Å². The predicted molar refractivity (Wildman–Crippen MR) is 208 cm³/mol. The van der Waals surface area contributed by atoms with Gasteiger partial charge < -0.3 is 15.5 Å². The van der Waals surface area contributed by atoms with Crippen LogP contribution in [-0.4, -0.2) is 53.1 Å². The molecular weight excluding hydrogens is 635 g/mol. The molecule has 49 heavy (non-hydrogen) atoms. The number of carbonyl (C=O) groups excluding carboxylic acids is 1. The molecule has 0 spiro atoms. The van der Waals surface area contributed by atoms with Crippen molar-refractivity contribution in [2.45, 2.75) is 212 Å². The Morgan fingerprint density at radius 3 is 1.35 bits per heavy atom. The van der Waals surface area contributed by atoms with E-state index in [1.165, 1.54) is 122 Å². The quantitative estimate of drug-likeness (QED) is 0.0291. The van der Waals surface area contributed by atoms with Crippen LogP contribution in [-0.2, 0) is 14.9 Å². The molecule has 0 rings (SSSR count). The van der Waals surface area contributed by atoms with Crippen molar-refractivity contribution < 1.29 is 28.0 Å². The molecule has 0 aliphatic carbocycles. The Bertz CT molecular complexity index is 932. The number of hydrogen-bond acceptors (Lipinski definition) is 5. The van der Waals surface area contributed by atoms with Crippen LogP contribution in [0.4, 0.5) is 0 Å². The molecule has 0 radical (unpaired) electrons. The maximum Gasteiger partial charge on any atom is 0.267 e. The van der Waals surface area contributed by atoms with E-state index in [0.29, 0.717) is 12.8 Å². The molecule has 0 saturated heterocycles. The Morgan fingerprint density at radius 1 is 0.551 bits per heavy atom. The number of rotatable bonds is 36. The highest BCUT2D eigenvalue weighted by Gasteiger charge is 2.27. The zero-order valence-electron chi connectivity index (χ0n) is 31.7. The van der Waals surface area contributed by atoms with Crippen LogP contribution in [0.3, 0.4) is 0 Å². The molecule has 0 aromatic carbocycles. The monoisotopic (exact) mass is 712 g/mol. The summed E-state index contributed by atoms with van der Waals surface area (Å²) in [5.74, 6) is -1.57. The van der Waals surface area contributed by atoms with Crippen LogP contribution in [0.25, 0.3) is 0 Å². The van der Waals surface area contributed by atoms with Gasteiger partial charge in [-0.3, -0.25) is 9.35 Å². The molecule has 1 amide bonds. The summed E-state index contributed by atoms with van der Waals surface area (Å²) in [4.78, 5) is 12.6.